The highest BCUT2D eigenvalue weighted by atomic mass is 32.2. The highest BCUT2D eigenvalue weighted by Gasteiger charge is 2.60. The lowest BCUT2D eigenvalue weighted by atomic mass is 10.0. The molecule has 3 atom stereocenters. The molecule has 3 rings (SSSR count). The molecule has 3 N–H and O–H groups in total. The lowest BCUT2D eigenvalue weighted by molar-refractivity contribution is -0.143. The summed E-state index contributed by atoms with van der Waals surface area (Å²) in [7, 11) is -4.56. The van der Waals surface area contributed by atoms with E-state index in [-0.39, 0.29) is 12.6 Å². The van der Waals surface area contributed by atoms with Gasteiger partial charge in [-0.2, -0.15) is 8.42 Å². The molecule has 0 unspecified atom stereocenters. The molecule has 0 aromatic rings. The Morgan fingerprint density at radius 2 is 2.13 bits per heavy atom. The maximum absolute atomic E-state index is 12.4. The second-order valence-corrected chi connectivity index (χ2v) is 7.16. The Kier molecular flexibility index (Phi) is 4.45. The molecule has 0 aromatic carbocycles. The summed E-state index contributed by atoms with van der Waals surface area (Å²) in [4.78, 5) is 25.6. The van der Waals surface area contributed by atoms with Crippen LogP contribution in [-0.4, -0.2) is 85.1 Å². The highest BCUT2D eigenvalue weighted by molar-refractivity contribution is 7.84. The van der Waals surface area contributed by atoms with E-state index in [1.807, 2.05) is 0 Å². The number of likely N-dealkylation sites (tertiary alicyclic amines) is 1. The molecule has 11 heteroatoms. The summed E-state index contributed by atoms with van der Waals surface area (Å²) >= 11 is 0. The number of amides is 3. The maximum atomic E-state index is 12.4. The molecule has 0 aliphatic carbocycles. The van der Waals surface area contributed by atoms with Gasteiger partial charge in [0.1, 0.15) is 6.04 Å². The van der Waals surface area contributed by atoms with Crippen LogP contribution in [0.2, 0.25) is 0 Å². The smallest absolute Gasteiger partial charge is 0.362 e. The van der Waals surface area contributed by atoms with Gasteiger partial charge in [-0.15, -0.1) is 0 Å². The van der Waals surface area contributed by atoms with E-state index in [9.17, 15) is 18.0 Å². The molecule has 0 radical (unpaired) electrons. The van der Waals surface area contributed by atoms with Gasteiger partial charge in [-0.3, -0.25) is 9.35 Å². The van der Waals surface area contributed by atoms with Gasteiger partial charge in [0.25, 0.3) is 5.91 Å². The lowest BCUT2D eigenvalue weighted by Crippen LogP contribution is -2.69. The minimum atomic E-state index is -4.56. The number of β-lactam (4-membered cyclic amide) rings is 1. The summed E-state index contributed by atoms with van der Waals surface area (Å²) in [5.74, 6) is -0.763. The number of nitrogens with one attached hydrogen (secondary N) is 2. The van der Waals surface area contributed by atoms with E-state index in [4.69, 9.17) is 9.29 Å². The number of hydrogen-bond acceptors (Lipinski definition) is 6. The van der Waals surface area contributed by atoms with Gasteiger partial charge in [0.2, 0.25) is 0 Å². The Labute approximate surface area is 134 Å². The zero-order valence-electron chi connectivity index (χ0n) is 12.5. The first kappa shape index (κ1) is 16.4. The minimum Gasteiger partial charge on any atom is -0.378 e. The van der Waals surface area contributed by atoms with E-state index in [0.717, 1.165) is 13.1 Å². The number of ether oxygens (including phenoxy) is 1. The number of fused-ring (bicyclic) bond motifs is 1. The van der Waals surface area contributed by atoms with Gasteiger partial charge in [-0.05, 0) is 19.4 Å². The molecule has 0 spiro atoms. The molecule has 3 aliphatic heterocycles. The van der Waals surface area contributed by atoms with Crippen LogP contribution in [0.1, 0.15) is 12.8 Å². The third kappa shape index (κ3) is 3.13. The molecule has 3 saturated heterocycles. The Bertz CT molecular complexity index is 588. The average molecular weight is 348 g/mol. The van der Waals surface area contributed by atoms with Crippen LogP contribution in [0, 0.1) is 0 Å². The minimum absolute atomic E-state index is 0.165. The summed E-state index contributed by atoms with van der Waals surface area (Å²) in [6, 6.07) is -2.06. The van der Waals surface area contributed by atoms with Crippen LogP contribution >= 0.6 is 0 Å². The molecular formula is C12H20N4O6S. The summed E-state index contributed by atoms with van der Waals surface area (Å²) < 4.78 is 37.2. The number of urea groups is 1. The fourth-order valence-corrected chi connectivity index (χ4v) is 4.17. The van der Waals surface area contributed by atoms with Gasteiger partial charge >= 0.3 is 16.3 Å². The topological polar surface area (TPSA) is 128 Å². The molecule has 0 saturated carbocycles. The molecule has 3 heterocycles. The number of carbonyl (C=O) groups excluding carboxylic acids is 2. The predicted molar refractivity (Wildman–Crippen MR) is 77.9 cm³/mol. The van der Waals surface area contributed by atoms with E-state index >= 15 is 0 Å². The molecule has 3 amide bonds. The fraction of sp³-hybridized carbons (Fsp3) is 0.833. The van der Waals surface area contributed by atoms with Crippen molar-refractivity contribution < 1.29 is 27.3 Å². The monoisotopic (exact) mass is 348 g/mol. The molecule has 130 valence electrons. The van der Waals surface area contributed by atoms with E-state index in [1.165, 1.54) is 4.90 Å². The molecule has 10 nitrogen and oxygen atoms in total. The third-order valence-corrected chi connectivity index (χ3v) is 5.33. The van der Waals surface area contributed by atoms with Gasteiger partial charge in [-0.1, -0.05) is 0 Å². The largest absolute Gasteiger partial charge is 0.378 e. The van der Waals surface area contributed by atoms with Crippen molar-refractivity contribution in [3.63, 3.8) is 0 Å². The molecule has 23 heavy (non-hydrogen) atoms. The first-order valence-electron chi connectivity index (χ1n) is 7.56. The van der Waals surface area contributed by atoms with Crippen LogP contribution in [0.15, 0.2) is 0 Å². The molecule has 3 aliphatic rings. The normalized spacial score (nSPS) is 31.9. The first-order chi connectivity index (χ1) is 10.9. The van der Waals surface area contributed by atoms with Crippen molar-refractivity contribution in [2.45, 2.75) is 31.0 Å². The Hall–Kier alpha value is -1.43. The average Bonchev–Trinajstić information content (AvgIpc) is 2.78. The Balaban J connectivity index is 1.60. The van der Waals surface area contributed by atoms with Crippen molar-refractivity contribution in [2.24, 2.45) is 0 Å². The molecule has 0 aromatic heterocycles. The standard InChI is InChI=1S/C12H20N4O6S/c17-11-10-9(16(11)23(19,20)21)2-5-15(10)12(18)14-8-1-3-13-4-6-22-7-8/h8-10,13H,1-7H2,(H,14,18)(H,19,20,21)/t8-,9-,10+/m1/s1. The van der Waals surface area contributed by atoms with Gasteiger partial charge in [0.05, 0.1) is 25.3 Å². The van der Waals surface area contributed by atoms with E-state index in [0.29, 0.717) is 30.4 Å². The quantitative estimate of drug-likeness (QED) is 0.395. The molecule has 3 fully saturated rings. The fourth-order valence-electron chi connectivity index (χ4n) is 3.27. The van der Waals surface area contributed by atoms with Gasteiger partial charge in [0.15, 0.2) is 0 Å². The zero-order chi connectivity index (χ0) is 16.6. The summed E-state index contributed by atoms with van der Waals surface area (Å²) in [6.07, 6.45) is 1.03. The molecule has 0 bridgehead atoms. The second-order valence-electron chi connectivity index (χ2n) is 5.87. The Morgan fingerprint density at radius 1 is 1.35 bits per heavy atom. The number of nitrogens with zero attached hydrogens (tertiary/aromatic N) is 2. The molecular weight excluding hydrogens is 328 g/mol. The van der Waals surface area contributed by atoms with Crippen LogP contribution in [0.25, 0.3) is 0 Å². The number of rotatable bonds is 2. The number of carbonyl (C=O) groups is 2. The van der Waals surface area contributed by atoms with Crippen molar-refractivity contribution in [1.29, 1.82) is 0 Å². The third-order valence-electron chi connectivity index (χ3n) is 4.39. The van der Waals surface area contributed by atoms with Crippen molar-refractivity contribution >= 4 is 22.2 Å². The highest BCUT2D eigenvalue weighted by Crippen LogP contribution is 2.35. The van der Waals surface area contributed by atoms with Crippen LogP contribution in [-0.2, 0) is 19.8 Å². The SMILES string of the molecule is O=C(N[C@@H]1CCNCCOC1)N1CC[C@@H]2[C@H]1C(=O)N2S(=O)(=O)O. The van der Waals surface area contributed by atoms with Gasteiger partial charge < -0.3 is 20.3 Å². The van der Waals surface area contributed by atoms with E-state index in [2.05, 4.69) is 10.6 Å². The summed E-state index contributed by atoms with van der Waals surface area (Å²) in [5.41, 5.74) is 0. The van der Waals surface area contributed by atoms with Crippen LogP contribution < -0.4 is 10.6 Å². The lowest BCUT2D eigenvalue weighted by Gasteiger charge is -2.42. The van der Waals surface area contributed by atoms with E-state index < -0.39 is 34.3 Å². The van der Waals surface area contributed by atoms with Gasteiger partial charge in [0, 0.05) is 13.1 Å². The van der Waals surface area contributed by atoms with Crippen molar-refractivity contribution in [3.05, 3.63) is 0 Å². The van der Waals surface area contributed by atoms with Crippen molar-refractivity contribution in [2.75, 3.05) is 32.8 Å². The van der Waals surface area contributed by atoms with E-state index in [1.54, 1.807) is 0 Å². The predicted octanol–water partition coefficient (Wildman–Crippen LogP) is -1.84. The van der Waals surface area contributed by atoms with Crippen LogP contribution in [0.5, 0.6) is 0 Å². The van der Waals surface area contributed by atoms with Crippen molar-refractivity contribution in [1.82, 2.24) is 19.8 Å². The summed E-state index contributed by atoms with van der Waals surface area (Å²) in [6.45, 7) is 2.78. The van der Waals surface area contributed by atoms with Gasteiger partial charge in [-0.25, -0.2) is 9.10 Å². The maximum Gasteiger partial charge on any atom is 0.362 e. The number of hydrogen-bond donors (Lipinski definition) is 3. The van der Waals surface area contributed by atoms with Crippen molar-refractivity contribution in [3.8, 4) is 0 Å². The first-order valence-corrected chi connectivity index (χ1v) is 8.95. The van der Waals surface area contributed by atoms with Crippen LogP contribution in [0.4, 0.5) is 4.79 Å². The second kappa shape index (κ2) is 6.23. The Morgan fingerprint density at radius 3 is 2.87 bits per heavy atom. The zero-order valence-corrected chi connectivity index (χ0v) is 13.3. The summed E-state index contributed by atoms with van der Waals surface area (Å²) in [5, 5.41) is 6.00. The van der Waals surface area contributed by atoms with Crippen LogP contribution in [0.3, 0.4) is 0 Å².